The number of para-hydroxylation sites is 1. The van der Waals surface area contributed by atoms with Crippen LogP contribution < -0.4 is 5.32 Å². The van der Waals surface area contributed by atoms with Gasteiger partial charge in [-0.05, 0) is 13.0 Å². The van der Waals surface area contributed by atoms with Crippen molar-refractivity contribution in [3.63, 3.8) is 0 Å². The predicted molar refractivity (Wildman–Crippen MR) is 76.7 cm³/mol. The van der Waals surface area contributed by atoms with Crippen LogP contribution in [-0.4, -0.2) is 16.0 Å². The van der Waals surface area contributed by atoms with Crippen LogP contribution in [0.2, 0.25) is 0 Å². The third kappa shape index (κ3) is 2.46. The summed E-state index contributed by atoms with van der Waals surface area (Å²) in [5.74, 6) is -0.156. The van der Waals surface area contributed by atoms with Crippen molar-refractivity contribution in [1.82, 2.24) is 10.1 Å². The van der Waals surface area contributed by atoms with Gasteiger partial charge in [0, 0.05) is 17.0 Å². The van der Waals surface area contributed by atoms with E-state index in [0.717, 1.165) is 16.3 Å². The molecule has 3 aromatic rings. The van der Waals surface area contributed by atoms with Crippen LogP contribution in [0.1, 0.15) is 15.6 Å². The molecular weight excluding hydrogens is 274 g/mol. The number of anilines is 1. The Morgan fingerprint density at radius 1 is 1.30 bits per heavy atom. The zero-order valence-electron chi connectivity index (χ0n) is 10.7. The van der Waals surface area contributed by atoms with Gasteiger partial charge in [-0.1, -0.05) is 23.4 Å². The van der Waals surface area contributed by atoms with E-state index in [0.29, 0.717) is 5.69 Å². The van der Waals surface area contributed by atoms with Gasteiger partial charge in [-0.15, -0.1) is 11.3 Å². The summed E-state index contributed by atoms with van der Waals surface area (Å²) in [6.45, 7) is 1.95. The third-order valence-electron chi connectivity index (χ3n) is 2.73. The molecule has 1 N–H and O–H groups in total. The summed E-state index contributed by atoms with van der Waals surface area (Å²) in [6.07, 6.45) is 1.44. The second kappa shape index (κ2) is 5.26. The highest BCUT2D eigenvalue weighted by Gasteiger charge is 2.13. The van der Waals surface area contributed by atoms with Crippen molar-refractivity contribution < 1.29 is 9.32 Å². The number of nitrogens with one attached hydrogen (secondary N) is 1. The number of nitrogens with zero attached hydrogens (tertiary/aromatic N) is 2. The molecule has 0 fully saturated rings. The topological polar surface area (TPSA) is 68.0 Å². The minimum atomic E-state index is -0.332. The standard InChI is InChI=1S/C14H11N3O2S/c1-9-16-12(8-20-9)10-4-2-3-5-11(10)17-14(18)13-6-7-15-19-13/h2-8H,1H3,(H,17,18). The van der Waals surface area contributed by atoms with Crippen molar-refractivity contribution in [1.29, 1.82) is 0 Å². The van der Waals surface area contributed by atoms with E-state index in [2.05, 4.69) is 15.5 Å². The van der Waals surface area contributed by atoms with Crippen molar-refractivity contribution in [3.05, 3.63) is 52.7 Å². The van der Waals surface area contributed by atoms with Crippen LogP contribution in [-0.2, 0) is 0 Å². The first-order valence-electron chi connectivity index (χ1n) is 5.97. The molecule has 6 heteroatoms. The summed E-state index contributed by atoms with van der Waals surface area (Å²) < 4.78 is 4.84. The maximum Gasteiger partial charge on any atom is 0.294 e. The summed E-state index contributed by atoms with van der Waals surface area (Å²) in [7, 11) is 0. The van der Waals surface area contributed by atoms with E-state index >= 15 is 0 Å². The fraction of sp³-hybridized carbons (Fsp3) is 0.0714. The number of hydrogen-bond acceptors (Lipinski definition) is 5. The Labute approximate surface area is 119 Å². The SMILES string of the molecule is Cc1nc(-c2ccccc2NC(=O)c2ccno2)cs1. The first-order chi connectivity index (χ1) is 9.74. The quantitative estimate of drug-likeness (QED) is 0.801. The second-order valence-corrected chi connectivity index (χ2v) is 5.19. The minimum Gasteiger partial charge on any atom is -0.351 e. The van der Waals surface area contributed by atoms with Gasteiger partial charge in [0.2, 0.25) is 5.76 Å². The van der Waals surface area contributed by atoms with E-state index in [4.69, 9.17) is 4.52 Å². The molecule has 2 aromatic heterocycles. The van der Waals surface area contributed by atoms with Crippen LogP contribution in [0.5, 0.6) is 0 Å². The molecule has 2 heterocycles. The fourth-order valence-corrected chi connectivity index (χ4v) is 2.43. The second-order valence-electron chi connectivity index (χ2n) is 4.13. The van der Waals surface area contributed by atoms with Crippen LogP contribution in [0.15, 0.2) is 46.4 Å². The summed E-state index contributed by atoms with van der Waals surface area (Å²) in [6, 6.07) is 9.04. The molecule has 0 saturated heterocycles. The molecule has 100 valence electrons. The van der Waals surface area contributed by atoms with Crippen LogP contribution in [0.25, 0.3) is 11.3 Å². The normalized spacial score (nSPS) is 10.4. The number of benzene rings is 1. The van der Waals surface area contributed by atoms with E-state index in [1.807, 2.05) is 36.6 Å². The lowest BCUT2D eigenvalue weighted by Crippen LogP contribution is -2.11. The van der Waals surface area contributed by atoms with Gasteiger partial charge in [-0.2, -0.15) is 0 Å². The number of amides is 1. The zero-order valence-corrected chi connectivity index (χ0v) is 11.5. The van der Waals surface area contributed by atoms with Gasteiger partial charge in [-0.3, -0.25) is 4.79 Å². The van der Waals surface area contributed by atoms with Crippen molar-refractivity contribution >= 4 is 22.9 Å². The van der Waals surface area contributed by atoms with Gasteiger partial charge in [-0.25, -0.2) is 4.98 Å². The minimum absolute atomic E-state index is 0.175. The van der Waals surface area contributed by atoms with E-state index in [1.165, 1.54) is 12.3 Å². The fourth-order valence-electron chi connectivity index (χ4n) is 1.82. The van der Waals surface area contributed by atoms with Crippen molar-refractivity contribution in [2.75, 3.05) is 5.32 Å². The lowest BCUT2D eigenvalue weighted by atomic mass is 10.1. The molecule has 3 rings (SSSR count). The van der Waals surface area contributed by atoms with Crippen LogP contribution in [0, 0.1) is 6.92 Å². The molecule has 20 heavy (non-hydrogen) atoms. The molecule has 0 atom stereocenters. The molecular formula is C14H11N3O2S. The Hall–Kier alpha value is -2.47. The van der Waals surface area contributed by atoms with Gasteiger partial charge >= 0.3 is 0 Å². The van der Waals surface area contributed by atoms with E-state index in [-0.39, 0.29) is 11.7 Å². The first-order valence-corrected chi connectivity index (χ1v) is 6.85. The molecule has 0 spiro atoms. The molecule has 5 nitrogen and oxygen atoms in total. The molecule has 0 aliphatic heterocycles. The Bertz CT molecular complexity index is 734. The summed E-state index contributed by atoms with van der Waals surface area (Å²) in [5.41, 5.74) is 2.42. The Kier molecular flexibility index (Phi) is 3.30. The highest BCUT2D eigenvalue weighted by Crippen LogP contribution is 2.29. The predicted octanol–water partition coefficient (Wildman–Crippen LogP) is 3.36. The van der Waals surface area contributed by atoms with E-state index in [1.54, 1.807) is 11.3 Å². The van der Waals surface area contributed by atoms with Gasteiger partial charge in [0.25, 0.3) is 5.91 Å². The summed E-state index contributed by atoms with van der Waals surface area (Å²) in [4.78, 5) is 16.4. The number of thiazole rings is 1. The summed E-state index contributed by atoms with van der Waals surface area (Å²) >= 11 is 1.57. The van der Waals surface area contributed by atoms with Gasteiger partial charge in [0.1, 0.15) is 0 Å². The van der Waals surface area contributed by atoms with Crippen LogP contribution >= 0.6 is 11.3 Å². The van der Waals surface area contributed by atoms with Crippen molar-refractivity contribution in [2.24, 2.45) is 0 Å². The molecule has 1 amide bonds. The van der Waals surface area contributed by atoms with Crippen LogP contribution in [0.4, 0.5) is 5.69 Å². The lowest BCUT2D eigenvalue weighted by Gasteiger charge is -2.07. The maximum atomic E-state index is 12.0. The Morgan fingerprint density at radius 3 is 2.85 bits per heavy atom. The molecule has 0 aliphatic rings. The molecule has 0 bridgehead atoms. The van der Waals surface area contributed by atoms with Gasteiger partial charge < -0.3 is 9.84 Å². The lowest BCUT2D eigenvalue weighted by molar-refractivity contribution is 0.0988. The number of carbonyl (C=O) groups is 1. The number of aromatic nitrogens is 2. The van der Waals surface area contributed by atoms with Gasteiger partial charge in [0.15, 0.2) is 0 Å². The van der Waals surface area contributed by atoms with Crippen molar-refractivity contribution in [2.45, 2.75) is 6.92 Å². The van der Waals surface area contributed by atoms with Crippen LogP contribution in [0.3, 0.4) is 0 Å². The average Bonchev–Trinajstić information content (AvgIpc) is 3.10. The zero-order chi connectivity index (χ0) is 13.9. The smallest absolute Gasteiger partial charge is 0.294 e. The largest absolute Gasteiger partial charge is 0.351 e. The molecule has 0 aliphatic carbocycles. The number of carbonyl (C=O) groups excluding carboxylic acids is 1. The van der Waals surface area contributed by atoms with E-state index < -0.39 is 0 Å². The number of rotatable bonds is 3. The Balaban J connectivity index is 1.92. The third-order valence-corrected chi connectivity index (χ3v) is 3.51. The highest BCUT2D eigenvalue weighted by atomic mass is 32.1. The molecule has 0 radical (unpaired) electrons. The van der Waals surface area contributed by atoms with Crippen molar-refractivity contribution in [3.8, 4) is 11.3 Å². The monoisotopic (exact) mass is 285 g/mol. The molecule has 0 saturated carbocycles. The average molecular weight is 285 g/mol. The summed E-state index contributed by atoms with van der Waals surface area (Å²) in [5, 5.41) is 9.28. The first kappa shape index (κ1) is 12.6. The maximum absolute atomic E-state index is 12.0. The number of aryl methyl sites for hydroxylation is 1. The number of hydrogen-bond donors (Lipinski definition) is 1. The Morgan fingerprint density at radius 2 is 2.15 bits per heavy atom. The van der Waals surface area contributed by atoms with Gasteiger partial charge in [0.05, 0.1) is 22.6 Å². The van der Waals surface area contributed by atoms with E-state index in [9.17, 15) is 4.79 Å². The molecule has 1 aromatic carbocycles. The highest BCUT2D eigenvalue weighted by molar-refractivity contribution is 7.09. The molecule has 0 unspecified atom stereocenters.